The highest BCUT2D eigenvalue weighted by Crippen LogP contribution is 2.12. The highest BCUT2D eigenvalue weighted by atomic mass is 16.4. The van der Waals surface area contributed by atoms with Crippen molar-refractivity contribution in [2.24, 2.45) is 0 Å². The van der Waals surface area contributed by atoms with Crippen molar-refractivity contribution in [3.05, 3.63) is 24.3 Å². The lowest BCUT2D eigenvalue weighted by molar-refractivity contribution is -0.138. The number of hydrogen-bond donors (Lipinski definition) is 22. The van der Waals surface area contributed by atoms with Crippen molar-refractivity contribution in [2.45, 2.75) is 230 Å². The van der Waals surface area contributed by atoms with E-state index in [1.54, 1.807) is 0 Å². The van der Waals surface area contributed by atoms with E-state index in [-0.39, 0.29) is 91.5 Å². The predicted octanol–water partition coefficient (Wildman–Crippen LogP) is 0.150. The molecule has 0 fully saturated rings. The summed E-state index contributed by atoms with van der Waals surface area (Å²) in [6.45, 7) is 0.0245. The lowest BCUT2D eigenvalue weighted by Gasteiger charge is -2.07. The number of allylic oxidation sites excluding steroid dienone is 2. The Morgan fingerprint density at radius 2 is 0.487 bits per heavy atom. The van der Waals surface area contributed by atoms with Gasteiger partial charge in [0.1, 0.15) is 36.6 Å². The molecule has 476 valence electrons. The Kier molecular flexibility index (Phi) is 98.5. The average molecular weight is 1150 g/mol. The second-order valence-electron chi connectivity index (χ2n) is 17.9. The number of aliphatic hydroxyl groups is 20. The summed E-state index contributed by atoms with van der Waals surface area (Å²) >= 11 is 0. The van der Waals surface area contributed by atoms with Crippen LogP contribution in [0.25, 0.3) is 0 Å². The monoisotopic (exact) mass is 1150 g/mol. The van der Waals surface area contributed by atoms with Gasteiger partial charge in [-0.2, -0.15) is 0 Å². The molecule has 24 heteroatoms. The Morgan fingerprint density at radius 3 is 0.679 bits per heavy atom. The van der Waals surface area contributed by atoms with Crippen molar-refractivity contribution in [2.75, 3.05) is 79.3 Å². The molecule has 0 aliphatic rings. The standard InChI is InChI=1S/2C18H34O3.6C3H8O3/c2*1-2-3-4-11-14-17(19)15-12-9-7-5-6-8-10-13-16-18(20)21;6*4-1-3(6)2-5/h2*9,12,17,19H,2-8,10-11,13-16H2,1H3,(H,20,21);6*3-6H,1-2H2/b2*12-9-;;;;;;/t2*17-;;;;;;/m11....../s1. The first-order chi connectivity index (χ1) is 37.2. The first kappa shape index (κ1) is 92.1. The Morgan fingerprint density at radius 1 is 0.282 bits per heavy atom. The van der Waals surface area contributed by atoms with E-state index in [9.17, 15) is 19.8 Å². The van der Waals surface area contributed by atoms with Gasteiger partial charge in [-0.25, -0.2) is 0 Å². The molecule has 0 radical (unpaired) electrons. The van der Waals surface area contributed by atoms with Gasteiger partial charge in [0.05, 0.1) is 91.5 Å². The van der Waals surface area contributed by atoms with Gasteiger partial charge in [0, 0.05) is 12.8 Å². The summed E-state index contributed by atoms with van der Waals surface area (Å²) in [6, 6.07) is 0. The van der Waals surface area contributed by atoms with E-state index in [4.69, 9.17) is 102 Å². The topological polar surface area (TPSA) is 479 Å². The number of rotatable bonds is 42. The molecule has 0 aliphatic heterocycles. The molecule has 0 saturated carbocycles. The quantitative estimate of drug-likeness (QED) is 0.0286. The van der Waals surface area contributed by atoms with Crippen LogP contribution in [0.15, 0.2) is 24.3 Å². The fourth-order valence-corrected chi connectivity index (χ4v) is 5.08. The van der Waals surface area contributed by atoms with Gasteiger partial charge in [0.15, 0.2) is 0 Å². The number of hydrogen-bond acceptors (Lipinski definition) is 22. The van der Waals surface area contributed by atoms with Gasteiger partial charge in [-0.15, -0.1) is 0 Å². The van der Waals surface area contributed by atoms with Crippen LogP contribution in [0.4, 0.5) is 0 Å². The van der Waals surface area contributed by atoms with Crippen molar-refractivity contribution in [1.29, 1.82) is 0 Å². The summed E-state index contributed by atoms with van der Waals surface area (Å²) in [5, 5.41) is 181. The van der Waals surface area contributed by atoms with Crippen LogP contribution in [0.1, 0.15) is 181 Å². The minimum absolute atomic E-state index is 0.172. The van der Waals surface area contributed by atoms with Crippen molar-refractivity contribution >= 4 is 11.9 Å². The zero-order valence-electron chi connectivity index (χ0n) is 47.5. The van der Waals surface area contributed by atoms with E-state index >= 15 is 0 Å². The lowest BCUT2D eigenvalue weighted by Crippen LogP contribution is -2.15. The Bertz CT molecular complexity index is 972. The number of carboxylic acid groups (broad SMARTS) is 2. The number of unbranched alkanes of at least 4 members (excludes halogenated alkanes) is 16. The average Bonchev–Trinajstić information content (AvgIpc) is 3.45. The molecule has 0 aliphatic carbocycles. The van der Waals surface area contributed by atoms with E-state index in [2.05, 4.69) is 38.2 Å². The fraction of sp³-hybridized carbons (Fsp3) is 0.889. The summed E-state index contributed by atoms with van der Waals surface area (Å²) in [4.78, 5) is 20.7. The van der Waals surface area contributed by atoms with Crippen LogP contribution < -0.4 is 0 Å². The minimum atomic E-state index is -0.954. The maximum atomic E-state index is 10.3. The second kappa shape index (κ2) is 83.4. The summed E-state index contributed by atoms with van der Waals surface area (Å²) < 4.78 is 0. The van der Waals surface area contributed by atoms with Crippen molar-refractivity contribution in [3.63, 3.8) is 0 Å². The highest BCUT2D eigenvalue weighted by molar-refractivity contribution is 5.66. The summed E-state index contributed by atoms with van der Waals surface area (Å²) in [5.74, 6) is -1.38. The summed E-state index contributed by atoms with van der Waals surface area (Å²) in [7, 11) is 0. The molecule has 0 spiro atoms. The Balaban J connectivity index is -0.000000130. The predicted molar refractivity (Wildman–Crippen MR) is 298 cm³/mol. The Labute approximate surface area is 466 Å². The van der Waals surface area contributed by atoms with Crippen LogP contribution >= 0.6 is 0 Å². The van der Waals surface area contributed by atoms with Gasteiger partial charge >= 0.3 is 11.9 Å². The molecule has 0 bridgehead atoms. The molecular formula is C54H116O24. The molecule has 24 nitrogen and oxygen atoms in total. The SMILES string of the molecule is CCCCCC[C@@H](O)C/C=C\CCCCCCCC(=O)O.CCCCCC[C@@H](O)C/C=C\CCCCCCCC(=O)O.OCC(O)CO.OCC(O)CO.OCC(O)CO.OCC(O)CO.OCC(O)CO.OCC(O)CO. The zero-order chi connectivity index (χ0) is 61.5. The van der Waals surface area contributed by atoms with Crippen LogP contribution in [-0.2, 0) is 9.59 Å². The van der Waals surface area contributed by atoms with E-state index in [0.29, 0.717) is 12.8 Å². The number of aliphatic carboxylic acids is 2. The largest absolute Gasteiger partial charge is 0.481 e. The maximum Gasteiger partial charge on any atom is 0.303 e. The van der Waals surface area contributed by atoms with Crippen LogP contribution in [0.3, 0.4) is 0 Å². The van der Waals surface area contributed by atoms with Gasteiger partial charge in [-0.3, -0.25) is 9.59 Å². The van der Waals surface area contributed by atoms with Crippen molar-refractivity contribution in [3.8, 4) is 0 Å². The third-order valence-corrected chi connectivity index (χ3v) is 9.98. The third-order valence-electron chi connectivity index (χ3n) is 9.98. The molecule has 0 heterocycles. The van der Waals surface area contributed by atoms with Crippen LogP contribution in [0.5, 0.6) is 0 Å². The van der Waals surface area contributed by atoms with Crippen LogP contribution in [-0.4, -0.2) is 252 Å². The first-order valence-electron chi connectivity index (χ1n) is 27.7. The molecule has 0 aromatic rings. The highest BCUT2D eigenvalue weighted by Gasteiger charge is 2.03. The number of carbonyl (C=O) groups is 2. The van der Waals surface area contributed by atoms with Crippen LogP contribution in [0.2, 0.25) is 0 Å². The van der Waals surface area contributed by atoms with Crippen molar-refractivity contribution < 1.29 is 122 Å². The van der Waals surface area contributed by atoms with E-state index in [1.807, 2.05) is 0 Å². The Hall–Kier alpha value is -2.38. The fourth-order valence-electron chi connectivity index (χ4n) is 5.08. The van der Waals surface area contributed by atoms with E-state index in [1.165, 1.54) is 51.4 Å². The van der Waals surface area contributed by atoms with E-state index in [0.717, 1.165) is 103 Å². The second-order valence-corrected chi connectivity index (χ2v) is 17.9. The summed E-state index contributed by atoms with van der Waals surface area (Å²) in [5.41, 5.74) is 0. The molecule has 2 atom stereocenters. The summed E-state index contributed by atoms with van der Waals surface area (Å²) in [6.07, 6.45) is 29.0. The smallest absolute Gasteiger partial charge is 0.303 e. The van der Waals surface area contributed by atoms with Gasteiger partial charge < -0.3 is 112 Å². The molecule has 0 unspecified atom stereocenters. The molecule has 78 heavy (non-hydrogen) atoms. The van der Waals surface area contributed by atoms with Gasteiger partial charge in [-0.05, 0) is 64.2 Å². The normalized spacial score (nSPS) is 11.5. The van der Waals surface area contributed by atoms with Crippen LogP contribution in [0, 0.1) is 0 Å². The van der Waals surface area contributed by atoms with Gasteiger partial charge in [0.25, 0.3) is 0 Å². The minimum Gasteiger partial charge on any atom is -0.481 e. The van der Waals surface area contributed by atoms with E-state index < -0.39 is 48.6 Å². The third kappa shape index (κ3) is 109. The van der Waals surface area contributed by atoms with Gasteiger partial charge in [0.2, 0.25) is 0 Å². The lowest BCUT2D eigenvalue weighted by atomic mass is 10.1. The maximum absolute atomic E-state index is 10.3. The molecule has 0 aromatic carbocycles. The molecule has 0 aromatic heterocycles. The number of carboxylic acids is 2. The van der Waals surface area contributed by atoms with Crippen molar-refractivity contribution in [1.82, 2.24) is 0 Å². The molecule has 22 N–H and O–H groups in total. The van der Waals surface area contributed by atoms with Gasteiger partial charge in [-0.1, -0.05) is 128 Å². The molecule has 0 saturated heterocycles. The molecule has 0 rings (SSSR count). The molecular weight excluding hydrogens is 1030 g/mol. The number of aliphatic hydroxyl groups excluding tert-OH is 20. The zero-order valence-corrected chi connectivity index (χ0v) is 47.5. The molecule has 0 amide bonds. The first-order valence-corrected chi connectivity index (χ1v) is 27.7.